The van der Waals surface area contributed by atoms with Crippen LogP contribution in [0.1, 0.15) is 97.5 Å². The number of nitrogens with zero attached hydrogens (tertiary/aromatic N) is 1. The third-order valence-corrected chi connectivity index (χ3v) is 7.64. The van der Waals surface area contributed by atoms with Crippen molar-refractivity contribution in [3.05, 3.63) is 81.7 Å². The van der Waals surface area contributed by atoms with E-state index in [1.54, 1.807) is 13.0 Å². The molecule has 2 saturated carbocycles. The number of hydrogen-bond donors (Lipinski definition) is 1. The van der Waals surface area contributed by atoms with E-state index in [4.69, 9.17) is 20.9 Å². The van der Waals surface area contributed by atoms with Crippen LogP contribution in [0.4, 0.5) is 10.5 Å². The normalized spacial score (nSPS) is 21.1. The smallest absolute Gasteiger partial charge is 0.412 e. The molecule has 1 N–H and O–H groups in total. The second kappa shape index (κ2) is 9.83. The standard InChI is InChI=1S/C28H31ClN2O3/c1-17-26(30-28(32)33-18(2)24-5-3-4-6-25(24)29)27(34-31-17)23-15-13-22(14-16-23)21-11-9-20(10-12-21)19-7-8-19/h3-6,9-12,18-19,22-23H,7-8,13-16H2,1-2H3,(H,30,32). The summed E-state index contributed by atoms with van der Waals surface area (Å²) < 4.78 is 11.3. The predicted molar refractivity (Wildman–Crippen MR) is 134 cm³/mol. The van der Waals surface area contributed by atoms with Gasteiger partial charge < -0.3 is 9.26 Å². The first-order valence-corrected chi connectivity index (χ1v) is 12.7. The Hall–Kier alpha value is -2.79. The van der Waals surface area contributed by atoms with Crippen molar-refractivity contribution in [3.63, 3.8) is 0 Å². The Morgan fingerprint density at radius 2 is 1.53 bits per heavy atom. The molecule has 5 nitrogen and oxygen atoms in total. The Bertz CT molecular complexity index is 1140. The number of carbonyl (C=O) groups is 1. The molecule has 1 amide bonds. The van der Waals surface area contributed by atoms with E-state index in [0.29, 0.717) is 22.3 Å². The molecule has 1 aromatic heterocycles. The first-order valence-electron chi connectivity index (χ1n) is 12.3. The number of nitrogens with one attached hydrogen (secondary N) is 1. The molecular weight excluding hydrogens is 448 g/mol. The molecule has 5 rings (SSSR count). The van der Waals surface area contributed by atoms with Crippen molar-refractivity contribution in [1.82, 2.24) is 5.16 Å². The Morgan fingerprint density at radius 3 is 2.12 bits per heavy atom. The molecule has 1 unspecified atom stereocenters. The number of anilines is 1. The molecule has 3 aromatic rings. The van der Waals surface area contributed by atoms with Gasteiger partial charge in [0.25, 0.3) is 0 Å². The third kappa shape index (κ3) is 5.00. The van der Waals surface area contributed by atoms with Crippen molar-refractivity contribution in [2.75, 3.05) is 5.32 Å². The average molecular weight is 479 g/mol. The van der Waals surface area contributed by atoms with Gasteiger partial charge >= 0.3 is 6.09 Å². The Morgan fingerprint density at radius 1 is 0.971 bits per heavy atom. The van der Waals surface area contributed by atoms with E-state index < -0.39 is 12.2 Å². The number of ether oxygens (including phenoxy) is 1. The van der Waals surface area contributed by atoms with Crippen LogP contribution in [-0.2, 0) is 4.74 Å². The zero-order valence-electron chi connectivity index (χ0n) is 19.7. The molecule has 0 bridgehead atoms. The lowest BCUT2D eigenvalue weighted by Crippen LogP contribution is -2.19. The minimum absolute atomic E-state index is 0.236. The van der Waals surface area contributed by atoms with Crippen molar-refractivity contribution in [2.45, 2.75) is 76.2 Å². The van der Waals surface area contributed by atoms with Gasteiger partial charge in [0.05, 0.1) is 0 Å². The molecule has 6 heteroatoms. The number of amides is 1. The second-order valence-corrected chi connectivity index (χ2v) is 10.1. The minimum Gasteiger partial charge on any atom is -0.441 e. The summed E-state index contributed by atoms with van der Waals surface area (Å²) in [6, 6.07) is 16.6. The summed E-state index contributed by atoms with van der Waals surface area (Å²) in [6.45, 7) is 3.65. The van der Waals surface area contributed by atoms with Gasteiger partial charge in [-0.25, -0.2) is 4.79 Å². The van der Waals surface area contributed by atoms with Crippen molar-refractivity contribution >= 4 is 23.4 Å². The fraction of sp³-hybridized carbons (Fsp3) is 0.429. The number of benzene rings is 2. The first-order chi connectivity index (χ1) is 16.5. The molecule has 0 saturated heterocycles. The van der Waals surface area contributed by atoms with Crippen molar-refractivity contribution in [3.8, 4) is 0 Å². The monoisotopic (exact) mass is 478 g/mol. The number of aryl methyl sites for hydroxylation is 1. The Labute approximate surface area is 205 Å². The molecular formula is C28H31ClN2O3. The molecule has 1 heterocycles. The van der Waals surface area contributed by atoms with Crippen molar-refractivity contribution < 1.29 is 14.1 Å². The van der Waals surface area contributed by atoms with E-state index in [9.17, 15) is 4.79 Å². The maximum atomic E-state index is 12.7. The van der Waals surface area contributed by atoms with Crippen LogP contribution >= 0.6 is 11.6 Å². The lowest BCUT2D eigenvalue weighted by Gasteiger charge is -2.28. The van der Waals surface area contributed by atoms with E-state index in [0.717, 1.165) is 42.9 Å². The summed E-state index contributed by atoms with van der Waals surface area (Å²) in [7, 11) is 0. The molecule has 34 heavy (non-hydrogen) atoms. The van der Waals surface area contributed by atoms with Crippen LogP contribution in [0.3, 0.4) is 0 Å². The largest absolute Gasteiger partial charge is 0.441 e. The van der Waals surface area contributed by atoms with Crippen LogP contribution < -0.4 is 5.32 Å². The summed E-state index contributed by atoms with van der Waals surface area (Å²) in [5.41, 5.74) is 4.99. The van der Waals surface area contributed by atoms with Gasteiger partial charge in [0.15, 0.2) is 5.76 Å². The predicted octanol–water partition coefficient (Wildman–Crippen LogP) is 8.26. The van der Waals surface area contributed by atoms with Crippen LogP contribution in [-0.4, -0.2) is 11.2 Å². The maximum Gasteiger partial charge on any atom is 0.412 e. The highest BCUT2D eigenvalue weighted by molar-refractivity contribution is 6.31. The first kappa shape index (κ1) is 23.0. The Balaban J connectivity index is 1.20. The molecule has 2 fully saturated rings. The molecule has 0 spiro atoms. The molecule has 0 aliphatic heterocycles. The Kier molecular flexibility index (Phi) is 6.64. The highest BCUT2D eigenvalue weighted by Crippen LogP contribution is 2.44. The molecule has 0 radical (unpaired) electrons. The fourth-order valence-corrected chi connectivity index (χ4v) is 5.41. The lowest BCUT2D eigenvalue weighted by molar-refractivity contribution is 0.121. The van der Waals surface area contributed by atoms with Gasteiger partial charge in [0.1, 0.15) is 17.5 Å². The number of halogens is 1. The van der Waals surface area contributed by atoms with Crippen LogP contribution in [0.5, 0.6) is 0 Å². The van der Waals surface area contributed by atoms with Crippen LogP contribution in [0.25, 0.3) is 0 Å². The second-order valence-electron chi connectivity index (χ2n) is 9.69. The third-order valence-electron chi connectivity index (χ3n) is 7.30. The van der Waals surface area contributed by atoms with E-state index in [2.05, 4.69) is 34.7 Å². The summed E-state index contributed by atoms with van der Waals surface area (Å²) >= 11 is 6.24. The topological polar surface area (TPSA) is 64.4 Å². The number of carbonyl (C=O) groups excluding carboxylic acids is 1. The van der Waals surface area contributed by atoms with Crippen LogP contribution in [0, 0.1) is 6.92 Å². The SMILES string of the molecule is Cc1noc(C2CCC(c3ccc(C4CC4)cc3)CC2)c1NC(=O)OC(C)c1ccccc1Cl. The van der Waals surface area contributed by atoms with Gasteiger partial charge in [-0.1, -0.05) is 59.2 Å². The summed E-state index contributed by atoms with van der Waals surface area (Å²) in [5, 5.41) is 7.59. The molecule has 2 aromatic carbocycles. The van der Waals surface area contributed by atoms with Gasteiger partial charge in [-0.2, -0.15) is 0 Å². The number of rotatable bonds is 6. The highest BCUT2D eigenvalue weighted by atomic mass is 35.5. The van der Waals surface area contributed by atoms with E-state index in [1.165, 1.54) is 24.0 Å². The molecule has 178 valence electrons. The van der Waals surface area contributed by atoms with Gasteiger partial charge in [0.2, 0.25) is 0 Å². The summed E-state index contributed by atoms with van der Waals surface area (Å²) in [6.07, 6.45) is 5.87. The minimum atomic E-state index is -0.538. The van der Waals surface area contributed by atoms with E-state index >= 15 is 0 Å². The molecule has 2 aliphatic carbocycles. The van der Waals surface area contributed by atoms with Gasteiger partial charge in [-0.05, 0) is 81.4 Å². The van der Waals surface area contributed by atoms with Gasteiger partial charge in [0, 0.05) is 16.5 Å². The van der Waals surface area contributed by atoms with Gasteiger partial charge in [-0.3, -0.25) is 5.32 Å². The zero-order chi connectivity index (χ0) is 23.7. The quantitative estimate of drug-likeness (QED) is 0.387. The van der Waals surface area contributed by atoms with E-state index in [-0.39, 0.29) is 5.92 Å². The molecule has 1 atom stereocenters. The van der Waals surface area contributed by atoms with Crippen molar-refractivity contribution in [1.29, 1.82) is 0 Å². The number of hydrogen-bond acceptors (Lipinski definition) is 4. The molecule has 2 aliphatic rings. The average Bonchev–Trinajstić information content (AvgIpc) is 3.64. The lowest BCUT2D eigenvalue weighted by atomic mass is 9.77. The maximum absolute atomic E-state index is 12.7. The van der Waals surface area contributed by atoms with Crippen LogP contribution in [0.15, 0.2) is 53.1 Å². The van der Waals surface area contributed by atoms with Gasteiger partial charge in [-0.15, -0.1) is 0 Å². The number of aromatic nitrogens is 1. The van der Waals surface area contributed by atoms with Crippen molar-refractivity contribution in [2.24, 2.45) is 0 Å². The highest BCUT2D eigenvalue weighted by Gasteiger charge is 2.30. The zero-order valence-corrected chi connectivity index (χ0v) is 20.5. The van der Waals surface area contributed by atoms with E-state index in [1.807, 2.05) is 25.1 Å². The summed E-state index contributed by atoms with van der Waals surface area (Å²) in [5.74, 6) is 2.36. The summed E-state index contributed by atoms with van der Waals surface area (Å²) in [4.78, 5) is 12.7. The fourth-order valence-electron chi connectivity index (χ4n) is 5.12. The van der Waals surface area contributed by atoms with Crippen LogP contribution in [0.2, 0.25) is 5.02 Å².